The number of ether oxygens (including phenoxy) is 4. The van der Waals surface area contributed by atoms with Crippen molar-refractivity contribution >= 4 is 10.1 Å². The highest BCUT2D eigenvalue weighted by Crippen LogP contribution is 2.31. The van der Waals surface area contributed by atoms with Crippen LogP contribution in [-0.4, -0.2) is 144 Å². The highest BCUT2D eigenvalue weighted by molar-refractivity contribution is 7.86. The number of aliphatic hydroxyl groups excluding tert-OH is 6. The maximum absolute atomic E-state index is 12.6. The van der Waals surface area contributed by atoms with Crippen LogP contribution in [0.1, 0.15) is 12.0 Å². The van der Waals surface area contributed by atoms with Crippen LogP contribution in [0.4, 0.5) is 0 Å². The molecule has 17 nitrogen and oxygen atoms in total. The summed E-state index contributed by atoms with van der Waals surface area (Å²) in [6.07, 6.45) is -17.8. The first-order valence-electron chi connectivity index (χ1n) is 13.8. The first-order chi connectivity index (χ1) is 20.2. The van der Waals surface area contributed by atoms with Gasteiger partial charge in [-0.1, -0.05) is 17.7 Å². The zero-order valence-corrected chi connectivity index (χ0v) is 24.2. The third-order valence-electron chi connectivity index (χ3n) is 8.00. The fourth-order valence-electron chi connectivity index (χ4n) is 5.32. The lowest BCUT2D eigenvalue weighted by Gasteiger charge is -2.48. The monoisotopic (exact) mass is 638 g/mol. The van der Waals surface area contributed by atoms with Crippen LogP contribution in [-0.2, 0) is 33.2 Å². The molecule has 0 aromatic heterocycles. The smallest absolute Gasteiger partial charge is 0.297 e. The van der Waals surface area contributed by atoms with Crippen molar-refractivity contribution in [2.24, 2.45) is 22.9 Å². The summed E-state index contributed by atoms with van der Waals surface area (Å²) in [6, 6.07) is 2.68. The number of aliphatic hydroxyl groups is 6. The molecule has 4 rings (SSSR count). The third kappa shape index (κ3) is 7.36. The third-order valence-corrected chi connectivity index (χ3v) is 9.30. The van der Waals surface area contributed by atoms with Gasteiger partial charge in [-0.3, -0.25) is 4.18 Å². The Morgan fingerprint density at radius 1 is 0.767 bits per heavy atom. The van der Waals surface area contributed by atoms with Crippen LogP contribution in [0.5, 0.6) is 0 Å². The number of benzene rings is 1. The molecule has 1 aliphatic carbocycles. The van der Waals surface area contributed by atoms with Crippen molar-refractivity contribution in [2.75, 3.05) is 13.2 Å². The fraction of sp³-hybridized carbons (Fsp3) is 0.760. The highest BCUT2D eigenvalue weighted by Gasteiger charge is 2.51. The van der Waals surface area contributed by atoms with Crippen LogP contribution in [0.2, 0.25) is 0 Å². The summed E-state index contributed by atoms with van der Waals surface area (Å²) in [5, 5.41) is 63.1. The van der Waals surface area contributed by atoms with Gasteiger partial charge in [-0.25, -0.2) is 0 Å². The molecule has 15 atom stereocenters. The van der Waals surface area contributed by atoms with Crippen molar-refractivity contribution in [3.05, 3.63) is 29.8 Å². The minimum Gasteiger partial charge on any atom is -0.389 e. The van der Waals surface area contributed by atoms with Crippen molar-refractivity contribution in [2.45, 2.75) is 110 Å². The molecule has 1 saturated carbocycles. The minimum atomic E-state index is -4.24. The molecule has 3 aliphatic rings. The Balaban J connectivity index is 1.45. The fourth-order valence-corrected chi connectivity index (χ4v) is 6.24. The van der Waals surface area contributed by atoms with Gasteiger partial charge in [0.25, 0.3) is 10.1 Å². The van der Waals surface area contributed by atoms with E-state index in [2.05, 4.69) is 0 Å². The van der Waals surface area contributed by atoms with Crippen LogP contribution < -0.4 is 22.9 Å². The van der Waals surface area contributed by atoms with Gasteiger partial charge >= 0.3 is 0 Å². The maximum atomic E-state index is 12.6. The molecule has 246 valence electrons. The quantitative estimate of drug-likeness (QED) is 0.113. The molecule has 1 aromatic rings. The molecular formula is C25H42N4O13S. The second-order valence-electron chi connectivity index (χ2n) is 11.2. The standard InChI is InChI=1S/C25H42N4O13S/c1-9-2-4-10(5-3-9)43(36,37)38-8-14-16(30)15(29)18(32)24(40-14)41-22-11(27)6-12(28)23(21(22)35)42-25-20(34)19(33)17(31)13(7-26)39-25/h2-5,11-25,30-35H,6-8,26-29H2,1H3/t11?,12?,13?,14-,15?,16?,17-,18-,19?,20?,21-,22?,23?,24?,25-/m1/s1. The Hall–Kier alpha value is -1.43. The second-order valence-corrected chi connectivity index (χ2v) is 12.8. The van der Waals surface area contributed by atoms with Crippen molar-refractivity contribution in [3.63, 3.8) is 0 Å². The van der Waals surface area contributed by atoms with Gasteiger partial charge in [0.15, 0.2) is 12.6 Å². The molecule has 2 heterocycles. The summed E-state index contributed by atoms with van der Waals surface area (Å²) < 4.78 is 53.1. The van der Waals surface area contributed by atoms with Gasteiger partial charge in [0, 0.05) is 18.6 Å². The van der Waals surface area contributed by atoms with Crippen molar-refractivity contribution in [3.8, 4) is 0 Å². The Morgan fingerprint density at radius 2 is 1.30 bits per heavy atom. The summed E-state index contributed by atoms with van der Waals surface area (Å²) in [5.41, 5.74) is 24.8. The lowest BCUT2D eigenvalue weighted by atomic mass is 9.84. The predicted octanol–water partition coefficient (Wildman–Crippen LogP) is -5.57. The first-order valence-corrected chi connectivity index (χ1v) is 15.2. The average molecular weight is 639 g/mol. The van der Waals surface area contributed by atoms with Gasteiger partial charge < -0.3 is 72.5 Å². The Labute approximate surface area is 248 Å². The number of rotatable bonds is 9. The van der Waals surface area contributed by atoms with E-state index >= 15 is 0 Å². The van der Waals surface area contributed by atoms with E-state index in [1.165, 1.54) is 12.1 Å². The van der Waals surface area contributed by atoms with E-state index in [-0.39, 0.29) is 17.9 Å². The summed E-state index contributed by atoms with van der Waals surface area (Å²) in [6.45, 7) is 0.898. The Kier molecular flexibility index (Phi) is 11.1. The van der Waals surface area contributed by atoms with E-state index in [1.54, 1.807) is 19.1 Å². The Bertz CT molecular complexity index is 1160. The lowest BCUT2D eigenvalue weighted by Crippen LogP contribution is -2.68. The van der Waals surface area contributed by atoms with Crippen molar-refractivity contribution in [1.29, 1.82) is 0 Å². The average Bonchev–Trinajstić information content (AvgIpc) is 2.96. The number of hydrogen-bond acceptors (Lipinski definition) is 17. The van der Waals surface area contributed by atoms with E-state index < -0.39 is 108 Å². The van der Waals surface area contributed by atoms with E-state index in [4.69, 9.17) is 46.1 Å². The maximum Gasteiger partial charge on any atom is 0.297 e. The predicted molar refractivity (Wildman–Crippen MR) is 145 cm³/mol. The minimum absolute atomic E-state index is 0.0134. The van der Waals surface area contributed by atoms with Crippen LogP contribution >= 0.6 is 0 Å². The molecule has 18 heteroatoms. The summed E-state index contributed by atoms with van der Waals surface area (Å²) in [5.74, 6) is 0. The molecular weight excluding hydrogens is 596 g/mol. The molecule has 0 bridgehead atoms. The molecule has 0 spiro atoms. The van der Waals surface area contributed by atoms with E-state index in [1.807, 2.05) is 0 Å². The highest BCUT2D eigenvalue weighted by atomic mass is 32.2. The molecule has 0 radical (unpaired) electrons. The summed E-state index contributed by atoms with van der Waals surface area (Å²) in [7, 11) is -4.24. The molecule has 2 saturated heterocycles. The number of hydrogen-bond donors (Lipinski definition) is 10. The molecule has 2 aliphatic heterocycles. The molecule has 14 N–H and O–H groups in total. The van der Waals surface area contributed by atoms with Gasteiger partial charge in [-0.2, -0.15) is 8.42 Å². The second kappa shape index (κ2) is 13.9. The van der Waals surface area contributed by atoms with E-state index in [9.17, 15) is 39.1 Å². The van der Waals surface area contributed by atoms with Gasteiger partial charge in [-0.05, 0) is 25.5 Å². The Morgan fingerprint density at radius 3 is 1.86 bits per heavy atom. The summed E-state index contributed by atoms with van der Waals surface area (Å²) in [4.78, 5) is -0.119. The SMILES string of the molecule is Cc1ccc(S(=O)(=O)OC[C@H]2OC(OC3C(N)CC(N)C(O[C@H]4OC(CN)[C@@H](O)C(O)C4O)[C@@H]3O)[C@H](O)C(N)C2O)cc1. The van der Waals surface area contributed by atoms with Crippen molar-refractivity contribution < 1.29 is 62.2 Å². The number of nitrogens with two attached hydrogens (primary N) is 4. The zero-order valence-electron chi connectivity index (χ0n) is 23.3. The van der Waals surface area contributed by atoms with E-state index in [0.717, 1.165) is 5.56 Å². The van der Waals surface area contributed by atoms with E-state index in [0.29, 0.717) is 0 Å². The summed E-state index contributed by atoms with van der Waals surface area (Å²) >= 11 is 0. The molecule has 43 heavy (non-hydrogen) atoms. The molecule has 0 amide bonds. The van der Waals surface area contributed by atoms with Gasteiger partial charge in [0.1, 0.15) is 61.0 Å². The zero-order chi connectivity index (χ0) is 31.8. The van der Waals surface area contributed by atoms with Crippen LogP contribution in [0.3, 0.4) is 0 Å². The molecule has 10 unspecified atom stereocenters. The molecule has 3 fully saturated rings. The normalized spacial score (nSPS) is 44.3. The van der Waals surface area contributed by atoms with Gasteiger partial charge in [0.05, 0.1) is 17.5 Å². The van der Waals surface area contributed by atoms with Crippen molar-refractivity contribution in [1.82, 2.24) is 0 Å². The largest absolute Gasteiger partial charge is 0.389 e. The first kappa shape index (κ1) is 34.4. The lowest BCUT2D eigenvalue weighted by molar-refractivity contribution is -0.331. The van der Waals surface area contributed by atoms with Crippen LogP contribution in [0.25, 0.3) is 0 Å². The van der Waals surface area contributed by atoms with Crippen LogP contribution in [0.15, 0.2) is 29.2 Å². The van der Waals surface area contributed by atoms with Gasteiger partial charge in [-0.15, -0.1) is 0 Å². The van der Waals surface area contributed by atoms with Crippen LogP contribution in [0, 0.1) is 6.92 Å². The number of aryl methyl sites for hydroxylation is 1. The van der Waals surface area contributed by atoms with Gasteiger partial charge in [0.2, 0.25) is 0 Å². The molecule has 1 aromatic carbocycles. The topological polar surface area (TPSA) is 306 Å².